The zero-order valence-corrected chi connectivity index (χ0v) is 12.7. The number of rotatable bonds is 4. The molecular weight excluding hydrogens is 309 g/mol. The van der Waals surface area contributed by atoms with Gasteiger partial charge in [-0.2, -0.15) is 0 Å². The van der Waals surface area contributed by atoms with Gasteiger partial charge in [-0.3, -0.25) is 9.59 Å². The van der Waals surface area contributed by atoms with Crippen LogP contribution in [0.5, 0.6) is 11.5 Å². The van der Waals surface area contributed by atoms with Crippen molar-refractivity contribution in [2.75, 3.05) is 0 Å². The summed E-state index contributed by atoms with van der Waals surface area (Å²) in [5, 5.41) is 2.68. The minimum atomic E-state index is -0.390. The maximum Gasteiger partial charge on any atom is 0.259 e. The molecule has 120 valence electrons. The highest BCUT2D eigenvalue weighted by atomic mass is 19.1. The number of benzene rings is 2. The molecule has 24 heavy (non-hydrogen) atoms. The Morgan fingerprint density at radius 3 is 2.58 bits per heavy atom. The molecule has 0 aliphatic heterocycles. The first kappa shape index (κ1) is 15.7. The Bertz CT molecular complexity index is 838. The first-order valence-electron chi connectivity index (χ1n) is 7.37. The van der Waals surface area contributed by atoms with Gasteiger partial charge in [-0.25, -0.2) is 4.39 Å². The van der Waals surface area contributed by atoms with Gasteiger partial charge in [0.15, 0.2) is 5.78 Å². The summed E-state index contributed by atoms with van der Waals surface area (Å²) in [6, 6.07) is 12.2. The SMILES string of the molecule is O=C1C=C(NC(=O)c2ccccc2Oc2ccc(F)cc2)C=CC1. The molecule has 0 aromatic heterocycles. The van der Waals surface area contributed by atoms with Crippen molar-refractivity contribution in [1.82, 2.24) is 5.32 Å². The number of para-hydroxylation sites is 1. The molecule has 0 atom stereocenters. The summed E-state index contributed by atoms with van der Waals surface area (Å²) in [6.07, 6.45) is 5.10. The predicted molar refractivity (Wildman–Crippen MR) is 87.2 cm³/mol. The number of allylic oxidation sites excluding steroid dienone is 3. The molecule has 0 fully saturated rings. The lowest BCUT2D eigenvalue weighted by Crippen LogP contribution is -2.24. The number of hydrogen-bond acceptors (Lipinski definition) is 3. The average molecular weight is 323 g/mol. The Balaban J connectivity index is 1.80. The third-order valence-electron chi connectivity index (χ3n) is 3.36. The standard InChI is InChI=1S/C19H14FNO3/c20-13-8-10-16(11-9-13)24-18-7-2-1-6-17(18)19(23)21-14-4-3-5-15(22)12-14/h1-4,6-12H,5H2,(H,21,23). The summed E-state index contributed by atoms with van der Waals surface area (Å²) >= 11 is 0. The Labute approximate surface area is 138 Å². The number of carbonyl (C=O) groups excluding carboxylic acids is 2. The average Bonchev–Trinajstić information content (AvgIpc) is 2.57. The van der Waals surface area contributed by atoms with E-state index in [0.717, 1.165) is 0 Å². The molecular formula is C19H14FNO3. The van der Waals surface area contributed by atoms with Gasteiger partial charge >= 0.3 is 0 Å². The number of nitrogens with one attached hydrogen (secondary N) is 1. The molecule has 0 spiro atoms. The zero-order chi connectivity index (χ0) is 16.9. The normalized spacial score (nSPS) is 13.4. The van der Waals surface area contributed by atoms with Crippen LogP contribution in [-0.4, -0.2) is 11.7 Å². The molecule has 0 radical (unpaired) electrons. The van der Waals surface area contributed by atoms with E-state index >= 15 is 0 Å². The molecule has 1 aliphatic rings. The van der Waals surface area contributed by atoms with Crippen LogP contribution in [0.15, 0.2) is 72.5 Å². The van der Waals surface area contributed by atoms with Crippen LogP contribution in [0, 0.1) is 5.82 Å². The number of ketones is 1. The van der Waals surface area contributed by atoms with Crippen LogP contribution >= 0.6 is 0 Å². The van der Waals surface area contributed by atoms with Crippen molar-refractivity contribution < 1.29 is 18.7 Å². The highest BCUT2D eigenvalue weighted by Gasteiger charge is 2.15. The second-order valence-electron chi connectivity index (χ2n) is 5.18. The van der Waals surface area contributed by atoms with Crippen molar-refractivity contribution in [2.45, 2.75) is 6.42 Å². The summed E-state index contributed by atoms with van der Waals surface area (Å²) in [4.78, 5) is 23.8. The molecule has 0 saturated carbocycles. The molecule has 4 nitrogen and oxygen atoms in total. The summed E-state index contributed by atoms with van der Waals surface area (Å²) < 4.78 is 18.6. The third kappa shape index (κ3) is 3.76. The van der Waals surface area contributed by atoms with Crippen molar-refractivity contribution in [3.63, 3.8) is 0 Å². The van der Waals surface area contributed by atoms with Crippen LogP contribution in [0.25, 0.3) is 0 Å². The van der Waals surface area contributed by atoms with E-state index in [-0.39, 0.29) is 11.6 Å². The first-order chi connectivity index (χ1) is 11.6. The minimum Gasteiger partial charge on any atom is -0.457 e. The van der Waals surface area contributed by atoms with Gasteiger partial charge in [-0.1, -0.05) is 18.2 Å². The van der Waals surface area contributed by atoms with Gasteiger partial charge in [0.2, 0.25) is 0 Å². The Morgan fingerprint density at radius 2 is 1.83 bits per heavy atom. The summed E-state index contributed by atoms with van der Waals surface area (Å²) in [5.74, 6) is -0.0621. The summed E-state index contributed by atoms with van der Waals surface area (Å²) in [6.45, 7) is 0. The number of carbonyl (C=O) groups is 2. The van der Waals surface area contributed by atoms with E-state index in [2.05, 4.69) is 5.32 Å². The molecule has 0 bridgehead atoms. The quantitative estimate of drug-likeness (QED) is 0.932. The first-order valence-corrected chi connectivity index (χ1v) is 7.37. The van der Waals surface area contributed by atoms with E-state index in [1.165, 1.54) is 30.3 Å². The van der Waals surface area contributed by atoms with Gasteiger partial charge in [0.1, 0.15) is 17.3 Å². The number of ether oxygens (including phenoxy) is 1. The van der Waals surface area contributed by atoms with Crippen molar-refractivity contribution in [3.8, 4) is 11.5 Å². The fourth-order valence-electron chi connectivity index (χ4n) is 2.23. The second-order valence-corrected chi connectivity index (χ2v) is 5.18. The van der Waals surface area contributed by atoms with Crippen LogP contribution in [0.1, 0.15) is 16.8 Å². The Kier molecular flexibility index (Phi) is 4.52. The molecule has 5 heteroatoms. The van der Waals surface area contributed by atoms with Crippen LogP contribution in [0.2, 0.25) is 0 Å². The molecule has 0 heterocycles. The Hall–Kier alpha value is -3.21. The third-order valence-corrected chi connectivity index (χ3v) is 3.36. The number of halogens is 1. The molecule has 1 aliphatic carbocycles. The highest BCUT2D eigenvalue weighted by molar-refractivity contribution is 6.00. The van der Waals surface area contributed by atoms with E-state index in [0.29, 0.717) is 29.2 Å². The van der Waals surface area contributed by atoms with E-state index in [1.54, 1.807) is 36.4 Å². The predicted octanol–water partition coefficient (Wildman–Crippen LogP) is 3.76. The van der Waals surface area contributed by atoms with Crippen LogP contribution in [0.3, 0.4) is 0 Å². The van der Waals surface area contributed by atoms with Crippen LogP contribution in [0.4, 0.5) is 4.39 Å². The topological polar surface area (TPSA) is 55.4 Å². The van der Waals surface area contributed by atoms with Gasteiger partial charge in [0, 0.05) is 18.2 Å². The van der Waals surface area contributed by atoms with Gasteiger partial charge in [-0.05, 0) is 42.5 Å². The van der Waals surface area contributed by atoms with E-state index < -0.39 is 5.91 Å². The molecule has 1 amide bonds. The molecule has 1 N–H and O–H groups in total. The molecule has 0 saturated heterocycles. The molecule has 3 rings (SSSR count). The van der Waals surface area contributed by atoms with Gasteiger partial charge < -0.3 is 10.1 Å². The van der Waals surface area contributed by atoms with Gasteiger partial charge in [0.25, 0.3) is 5.91 Å². The molecule has 0 unspecified atom stereocenters. The highest BCUT2D eigenvalue weighted by Crippen LogP contribution is 2.25. The van der Waals surface area contributed by atoms with Gasteiger partial charge in [-0.15, -0.1) is 0 Å². The van der Waals surface area contributed by atoms with Gasteiger partial charge in [0.05, 0.1) is 5.56 Å². The van der Waals surface area contributed by atoms with Crippen molar-refractivity contribution in [2.24, 2.45) is 0 Å². The summed E-state index contributed by atoms with van der Waals surface area (Å²) in [5.41, 5.74) is 0.752. The Morgan fingerprint density at radius 1 is 1.08 bits per heavy atom. The van der Waals surface area contributed by atoms with E-state index in [4.69, 9.17) is 4.74 Å². The minimum absolute atomic E-state index is 0.0661. The lowest BCUT2D eigenvalue weighted by Gasteiger charge is -2.12. The van der Waals surface area contributed by atoms with Crippen LogP contribution < -0.4 is 10.1 Å². The maximum absolute atomic E-state index is 13.0. The lowest BCUT2D eigenvalue weighted by atomic mass is 10.1. The van der Waals surface area contributed by atoms with E-state index in [1.807, 2.05) is 0 Å². The number of hydrogen-bond donors (Lipinski definition) is 1. The van der Waals surface area contributed by atoms with Crippen molar-refractivity contribution in [3.05, 3.63) is 83.8 Å². The van der Waals surface area contributed by atoms with Crippen molar-refractivity contribution in [1.29, 1.82) is 0 Å². The van der Waals surface area contributed by atoms with Crippen molar-refractivity contribution >= 4 is 11.7 Å². The monoisotopic (exact) mass is 323 g/mol. The number of amides is 1. The fraction of sp³-hybridized carbons (Fsp3) is 0.0526. The van der Waals surface area contributed by atoms with Crippen LogP contribution in [-0.2, 0) is 4.79 Å². The maximum atomic E-state index is 13.0. The molecule has 2 aromatic rings. The molecule has 2 aromatic carbocycles. The van der Waals surface area contributed by atoms with E-state index in [9.17, 15) is 14.0 Å². The summed E-state index contributed by atoms with van der Waals surface area (Å²) in [7, 11) is 0. The second kappa shape index (κ2) is 6.91. The fourth-order valence-corrected chi connectivity index (χ4v) is 2.23. The lowest BCUT2D eigenvalue weighted by molar-refractivity contribution is -0.113. The smallest absolute Gasteiger partial charge is 0.259 e. The zero-order valence-electron chi connectivity index (χ0n) is 12.7. The largest absolute Gasteiger partial charge is 0.457 e.